The Kier molecular flexibility index (Phi) is 3.87. The van der Waals surface area contributed by atoms with E-state index < -0.39 is 0 Å². The van der Waals surface area contributed by atoms with Gasteiger partial charge in [-0.25, -0.2) is 10.4 Å². The van der Waals surface area contributed by atoms with Crippen LogP contribution in [0.3, 0.4) is 0 Å². The van der Waals surface area contributed by atoms with Crippen molar-refractivity contribution in [2.24, 2.45) is 17.0 Å². The summed E-state index contributed by atoms with van der Waals surface area (Å²) in [5.74, 6) is 2.37. The summed E-state index contributed by atoms with van der Waals surface area (Å²) in [6, 6.07) is 0. The lowest BCUT2D eigenvalue weighted by molar-refractivity contribution is -0.117. The van der Waals surface area contributed by atoms with E-state index in [1.807, 2.05) is 32.1 Å². The van der Waals surface area contributed by atoms with Crippen molar-refractivity contribution in [3.05, 3.63) is 17.7 Å². The number of hydrogen-bond acceptors (Lipinski definition) is 7. The minimum Gasteiger partial charge on any atom is -0.279 e. The van der Waals surface area contributed by atoms with Crippen LogP contribution in [-0.4, -0.2) is 49.9 Å². The highest BCUT2D eigenvalue weighted by atomic mass is 16.2. The van der Waals surface area contributed by atoms with E-state index in [9.17, 15) is 4.79 Å². The van der Waals surface area contributed by atoms with Gasteiger partial charge in [0, 0.05) is 32.6 Å². The number of aromatic nitrogens is 3. The maximum atomic E-state index is 11.9. The van der Waals surface area contributed by atoms with Crippen LogP contribution in [0.5, 0.6) is 0 Å². The van der Waals surface area contributed by atoms with Crippen molar-refractivity contribution in [1.29, 1.82) is 0 Å². The van der Waals surface area contributed by atoms with E-state index in [2.05, 4.69) is 20.5 Å². The average Bonchev–Trinajstić information content (AvgIpc) is 3.28. The lowest BCUT2D eigenvalue weighted by atomic mass is 10.2. The van der Waals surface area contributed by atoms with Crippen molar-refractivity contribution in [1.82, 2.24) is 25.2 Å². The molecule has 1 aromatic rings. The quantitative estimate of drug-likeness (QED) is 0.872. The minimum atomic E-state index is -0.0184. The average molecular weight is 342 g/mol. The number of aryl methyl sites for hydroxylation is 2. The molecule has 3 aliphatic heterocycles. The molecule has 0 aliphatic carbocycles. The molecule has 4 heterocycles. The largest absolute Gasteiger partial charge is 0.279 e. The van der Waals surface area contributed by atoms with Gasteiger partial charge >= 0.3 is 0 Å². The van der Waals surface area contributed by atoms with E-state index in [1.54, 1.807) is 9.58 Å². The maximum Gasteiger partial charge on any atom is 0.251 e. The normalized spacial score (nSPS) is 22.9. The molecular weight excluding hydrogens is 320 g/mol. The van der Waals surface area contributed by atoms with Gasteiger partial charge in [-0.2, -0.15) is 4.98 Å². The van der Waals surface area contributed by atoms with Crippen molar-refractivity contribution in [2.75, 3.05) is 11.4 Å². The Morgan fingerprint density at radius 2 is 2.20 bits per heavy atom. The molecule has 1 fully saturated rings. The fraction of sp³-hybridized carbons (Fsp3) is 0.562. The molecule has 1 atom stereocenters. The molecule has 0 radical (unpaired) electrons. The van der Waals surface area contributed by atoms with Gasteiger partial charge in [-0.15, -0.1) is 5.10 Å². The van der Waals surface area contributed by atoms with Gasteiger partial charge in [0.15, 0.2) is 5.84 Å². The maximum absolute atomic E-state index is 11.9. The molecule has 1 N–H and O–H groups in total. The van der Waals surface area contributed by atoms with Crippen LogP contribution in [0.4, 0.5) is 5.95 Å². The van der Waals surface area contributed by atoms with Crippen LogP contribution in [0.25, 0.3) is 0 Å². The molecule has 0 bridgehead atoms. The summed E-state index contributed by atoms with van der Waals surface area (Å²) >= 11 is 0. The van der Waals surface area contributed by atoms with Crippen LogP contribution in [0.2, 0.25) is 0 Å². The zero-order valence-corrected chi connectivity index (χ0v) is 14.7. The van der Waals surface area contributed by atoms with Gasteiger partial charge in [0.2, 0.25) is 5.91 Å². The molecule has 9 heteroatoms. The highest BCUT2D eigenvalue weighted by molar-refractivity contribution is 6.41. The van der Waals surface area contributed by atoms with Crippen LogP contribution in [0, 0.1) is 0 Å². The first-order valence-corrected chi connectivity index (χ1v) is 8.59. The number of rotatable bonds is 4. The Balaban J connectivity index is 1.43. The number of hydrazine groups is 1. The zero-order chi connectivity index (χ0) is 17.6. The Morgan fingerprint density at radius 1 is 1.36 bits per heavy atom. The number of nitrogens with zero attached hydrogens (tertiary/aromatic N) is 7. The van der Waals surface area contributed by atoms with Crippen LogP contribution in [0.1, 0.15) is 38.9 Å². The van der Waals surface area contributed by atoms with E-state index >= 15 is 0 Å². The molecule has 1 amide bonds. The monoisotopic (exact) mass is 342 g/mol. The van der Waals surface area contributed by atoms with E-state index in [0.29, 0.717) is 18.9 Å². The van der Waals surface area contributed by atoms with E-state index in [0.717, 1.165) is 42.3 Å². The van der Waals surface area contributed by atoms with Gasteiger partial charge < -0.3 is 0 Å². The van der Waals surface area contributed by atoms with Crippen molar-refractivity contribution < 1.29 is 4.79 Å². The molecule has 1 aromatic heterocycles. The summed E-state index contributed by atoms with van der Waals surface area (Å²) in [5, 5.41) is 6.38. The molecular formula is C16H22N8O. The molecule has 3 aliphatic rings. The van der Waals surface area contributed by atoms with Crippen molar-refractivity contribution in [3.63, 3.8) is 0 Å². The third-order valence-corrected chi connectivity index (χ3v) is 4.69. The molecule has 0 aromatic carbocycles. The first-order valence-electron chi connectivity index (χ1n) is 8.59. The Bertz CT molecular complexity index is 805. The molecule has 0 saturated carbocycles. The predicted molar refractivity (Wildman–Crippen MR) is 94.0 cm³/mol. The highest BCUT2D eigenvalue weighted by Crippen LogP contribution is 2.20. The van der Waals surface area contributed by atoms with Gasteiger partial charge in [-0.3, -0.25) is 24.4 Å². The number of amides is 1. The molecule has 9 nitrogen and oxygen atoms in total. The SMILES string of the molecule is CC1=CN=C(C)C2=NC(CCc3nc(N4CCCC4=O)nn3C)NN12. The molecule has 1 saturated heterocycles. The van der Waals surface area contributed by atoms with Crippen LogP contribution < -0.4 is 10.3 Å². The number of amidine groups is 1. The number of allylic oxidation sites excluding steroid dienone is 1. The summed E-state index contributed by atoms with van der Waals surface area (Å²) in [7, 11) is 1.87. The number of nitrogens with one attached hydrogen (secondary N) is 1. The summed E-state index contributed by atoms with van der Waals surface area (Å²) in [6.07, 6.45) is 4.80. The summed E-state index contributed by atoms with van der Waals surface area (Å²) in [5.41, 5.74) is 5.33. The number of hydrogen-bond donors (Lipinski definition) is 1. The van der Waals surface area contributed by atoms with Crippen molar-refractivity contribution in [3.8, 4) is 0 Å². The smallest absolute Gasteiger partial charge is 0.251 e. The second-order valence-corrected chi connectivity index (χ2v) is 6.56. The number of fused-ring (bicyclic) bond motifs is 1. The number of carbonyl (C=O) groups excluding carboxylic acids is 1. The third-order valence-electron chi connectivity index (χ3n) is 4.69. The molecule has 1 unspecified atom stereocenters. The van der Waals surface area contributed by atoms with Crippen molar-refractivity contribution in [2.45, 2.75) is 45.7 Å². The Morgan fingerprint density at radius 3 is 2.92 bits per heavy atom. The molecule has 132 valence electrons. The van der Waals surface area contributed by atoms with Crippen molar-refractivity contribution >= 4 is 23.4 Å². The highest BCUT2D eigenvalue weighted by Gasteiger charge is 2.30. The fourth-order valence-corrected chi connectivity index (χ4v) is 3.26. The van der Waals surface area contributed by atoms with E-state index in [-0.39, 0.29) is 12.1 Å². The van der Waals surface area contributed by atoms with Crippen LogP contribution in [0.15, 0.2) is 21.9 Å². The summed E-state index contributed by atoms with van der Waals surface area (Å²) in [6.45, 7) is 4.67. The second-order valence-electron chi connectivity index (χ2n) is 6.56. The van der Waals surface area contributed by atoms with Gasteiger partial charge in [0.1, 0.15) is 12.0 Å². The molecule has 0 spiro atoms. The number of aliphatic imine (C=N–C) groups is 2. The van der Waals surface area contributed by atoms with E-state index in [4.69, 9.17) is 4.99 Å². The lowest BCUT2D eigenvalue weighted by Crippen LogP contribution is -2.42. The van der Waals surface area contributed by atoms with Gasteiger partial charge in [-0.05, 0) is 26.7 Å². The lowest BCUT2D eigenvalue weighted by Gasteiger charge is -2.24. The predicted octanol–water partition coefficient (Wildman–Crippen LogP) is 0.755. The topological polar surface area (TPSA) is 91.0 Å². The summed E-state index contributed by atoms with van der Waals surface area (Å²) < 4.78 is 1.76. The Hall–Kier alpha value is -2.55. The minimum absolute atomic E-state index is 0.0184. The van der Waals surface area contributed by atoms with Gasteiger partial charge in [-0.1, -0.05) is 0 Å². The summed E-state index contributed by atoms with van der Waals surface area (Å²) in [4.78, 5) is 27.2. The third kappa shape index (κ3) is 2.84. The Labute approximate surface area is 146 Å². The molecule has 4 rings (SSSR count). The second kappa shape index (κ2) is 6.07. The first kappa shape index (κ1) is 15.9. The fourth-order valence-electron chi connectivity index (χ4n) is 3.26. The number of carbonyl (C=O) groups is 1. The van der Waals surface area contributed by atoms with Crippen LogP contribution >= 0.6 is 0 Å². The first-order chi connectivity index (χ1) is 12.0. The molecule has 25 heavy (non-hydrogen) atoms. The number of anilines is 1. The standard InChI is InChI=1S/C16H22N8O/c1-10-9-17-11(2)15-18-12(20-24(10)15)6-7-13-19-16(21-22(13)3)23-8-4-5-14(23)25/h9,12,20H,4-8H2,1-3H3. The zero-order valence-electron chi connectivity index (χ0n) is 14.7. The van der Waals surface area contributed by atoms with Gasteiger partial charge in [0.05, 0.1) is 11.4 Å². The van der Waals surface area contributed by atoms with Crippen LogP contribution in [-0.2, 0) is 18.3 Å². The van der Waals surface area contributed by atoms with Gasteiger partial charge in [0.25, 0.3) is 5.95 Å². The van der Waals surface area contributed by atoms with E-state index in [1.165, 1.54) is 0 Å².